The maximum absolute atomic E-state index is 15.6. The Hall–Kier alpha value is -2.08. The molecule has 0 aromatic heterocycles. The average molecular weight is 658 g/mol. The summed E-state index contributed by atoms with van der Waals surface area (Å²) in [5.74, 6) is -1.45. The summed E-state index contributed by atoms with van der Waals surface area (Å²) in [5.41, 5.74) is -0.846. The van der Waals surface area contributed by atoms with Crippen LogP contribution < -0.4 is 4.74 Å². The van der Waals surface area contributed by atoms with Crippen LogP contribution in [0.15, 0.2) is 41.3 Å². The van der Waals surface area contributed by atoms with Gasteiger partial charge in [-0.25, -0.2) is 22.0 Å². The minimum atomic E-state index is -4.26. The van der Waals surface area contributed by atoms with Crippen molar-refractivity contribution in [3.8, 4) is 5.75 Å². The zero-order valence-electron chi connectivity index (χ0n) is 24.6. The maximum Gasteiger partial charge on any atom is 0.410 e. The van der Waals surface area contributed by atoms with Gasteiger partial charge in [0.2, 0.25) is 0 Å². The summed E-state index contributed by atoms with van der Waals surface area (Å²) in [7, 11) is -4.26. The summed E-state index contributed by atoms with van der Waals surface area (Å²) in [6.07, 6.45) is 2.39. The van der Waals surface area contributed by atoms with Crippen LogP contribution in [0, 0.1) is 17.6 Å². The lowest BCUT2D eigenvalue weighted by Gasteiger charge is -2.50. The topological polar surface area (TPSA) is 82.1 Å². The molecule has 4 atom stereocenters. The minimum absolute atomic E-state index is 0.0204. The molecule has 7 nitrogen and oxygen atoms in total. The molecule has 1 amide bonds. The number of piperidine rings is 1. The van der Waals surface area contributed by atoms with Gasteiger partial charge in [-0.2, -0.15) is 11.8 Å². The molecule has 0 aliphatic carbocycles. The number of halogens is 3. The fourth-order valence-electron chi connectivity index (χ4n) is 6.49. The molecule has 2 aromatic carbocycles. The van der Waals surface area contributed by atoms with Gasteiger partial charge in [-0.3, -0.25) is 0 Å². The Balaban J connectivity index is 1.37. The highest BCUT2D eigenvalue weighted by atomic mass is 35.5. The van der Waals surface area contributed by atoms with Crippen molar-refractivity contribution in [3.05, 3.63) is 58.6 Å². The van der Waals surface area contributed by atoms with Gasteiger partial charge in [0, 0.05) is 35.9 Å². The molecular weight excluding hydrogens is 620 g/mol. The second-order valence-electron chi connectivity index (χ2n) is 12.3. The Morgan fingerprint density at radius 1 is 1.14 bits per heavy atom. The Morgan fingerprint density at radius 3 is 2.58 bits per heavy atom. The Kier molecular flexibility index (Phi) is 9.57. The third-order valence-corrected chi connectivity index (χ3v) is 12.4. The van der Waals surface area contributed by atoms with Gasteiger partial charge in [0.25, 0.3) is 0 Å². The van der Waals surface area contributed by atoms with Crippen LogP contribution >= 0.6 is 23.4 Å². The second kappa shape index (κ2) is 12.7. The predicted octanol–water partition coefficient (Wildman–Crippen LogP) is 7.00. The molecule has 2 fully saturated rings. The van der Waals surface area contributed by atoms with E-state index in [1.54, 1.807) is 11.8 Å². The summed E-state index contributed by atoms with van der Waals surface area (Å²) in [6.45, 7) is 6.13. The second-order valence-corrected chi connectivity index (χ2v) is 16.1. The molecule has 0 radical (unpaired) electrons. The van der Waals surface area contributed by atoms with Gasteiger partial charge in [-0.05, 0) is 95.0 Å². The van der Waals surface area contributed by atoms with Crippen LogP contribution in [-0.2, 0) is 24.1 Å². The number of nitrogens with zero attached hydrogens (tertiary/aromatic N) is 1. The largest absolute Gasteiger partial charge is 0.490 e. The number of benzene rings is 2. The third-order valence-electron chi connectivity index (χ3n) is 8.46. The average Bonchev–Trinajstić information content (AvgIpc) is 2.96. The summed E-state index contributed by atoms with van der Waals surface area (Å²) >= 11 is 7.70. The zero-order chi connectivity index (χ0) is 31.0. The van der Waals surface area contributed by atoms with Crippen LogP contribution in [0.5, 0.6) is 5.75 Å². The number of hydrogen-bond donors (Lipinski definition) is 0. The normalized spacial score (nSPS) is 25.8. The number of ether oxygens (including phenoxy) is 3. The number of hydrogen-bond acceptors (Lipinski definition) is 7. The van der Waals surface area contributed by atoms with Crippen molar-refractivity contribution in [1.29, 1.82) is 0 Å². The predicted molar refractivity (Wildman–Crippen MR) is 163 cm³/mol. The lowest BCUT2D eigenvalue weighted by atomic mass is 9.75. The lowest BCUT2D eigenvalue weighted by molar-refractivity contribution is -0.0731. The molecule has 2 aromatic rings. The summed E-state index contributed by atoms with van der Waals surface area (Å²) < 4.78 is 75.2. The first-order valence-corrected chi connectivity index (χ1v) is 17.7. The van der Waals surface area contributed by atoms with Gasteiger partial charge in [0.05, 0.1) is 23.2 Å². The van der Waals surface area contributed by atoms with Crippen molar-refractivity contribution >= 4 is 39.3 Å². The molecule has 12 heteroatoms. The number of carbonyl (C=O) groups is 1. The molecule has 0 bridgehead atoms. The van der Waals surface area contributed by atoms with E-state index in [1.807, 2.05) is 25.7 Å². The first-order valence-electron chi connectivity index (χ1n) is 14.7. The monoisotopic (exact) mass is 657 g/mol. The lowest BCUT2D eigenvalue weighted by Crippen LogP contribution is -2.57. The third kappa shape index (κ3) is 6.37. The smallest absolute Gasteiger partial charge is 0.410 e. The van der Waals surface area contributed by atoms with Crippen LogP contribution in [0.25, 0.3) is 0 Å². The van der Waals surface area contributed by atoms with Crippen LogP contribution in [0.2, 0.25) is 5.02 Å². The number of rotatable bonds is 7. The Morgan fingerprint density at radius 2 is 1.86 bits per heavy atom. The van der Waals surface area contributed by atoms with Gasteiger partial charge in [0.1, 0.15) is 16.2 Å². The fraction of sp³-hybridized carbons (Fsp3) is 0.581. The molecule has 3 aliphatic rings. The Labute approximate surface area is 261 Å². The van der Waals surface area contributed by atoms with Crippen molar-refractivity contribution in [1.82, 2.24) is 4.90 Å². The van der Waals surface area contributed by atoms with E-state index in [1.165, 1.54) is 24.3 Å². The number of carbonyl (C=O) groups excluding carboxylic acids is 1. The quantitative estimate of drug-likeness (QED) is 0.297. The van der Waals surface area contributed by atoms with E-state index >= 15 is 4.39 Å². The minimum Gasteiger partial charge on any atom is -0.490 e. The van der Waals surface area contributed by atoms with Crippen LogP contribution in [0.1, 0.15) is 58.4 Å². The number of sulfone groups is 1. The van der Waals surface area contributed by atoms with Gasteiger partial charge in [-0.1, -0.05) is 11.6 Å². The van der Waals surface area contributed by atoms with Gasteiger partial charge < -0.3 is 19.1 Å². The van der Waals surface area contributed by atoms with Crippen molar-refractivity contribution < 1.29 is 36.2 Å². The van der Waals surface area contributed by atoms with Crippen LogP contribution in [-0.4, -0.2) is 68.4 Å². The summed E-state index contributed by atoms with van der Waals surface area (Å²) in [4.78, 5) is 14.6. The molecule has 3 aliphatic heterocycles. The van der Waals surface area contributed by atoms with Gasteiger partial charge >= 0.3 is 6.09 Å². The van der Waals surface area contributed by atoms with Crippen molar-refractivity contribution in [3.63, 3.8) is 0 Å². The Bertz CT molecular complexity index is 1430. The van der Waals surface area contributed by atoms with Crippen molar-refractivity contribution in [2.24, 2.45) is 5.92 Å². The molecule has 0 N–H and O–H groups in total. The SMILES string of the molecule is CC(C)(C)OC(=O)N1CCCCC1CSCCC1OCCC2(S(=O)(=O)c3ccc(Cl)cc3)c3c(F)ccc(F)c3OCC12. The molecule has 3 heterocycles. The summed E-state index contributed by atoms with van der Waals surface area (Å²) in [6, 6.07) is 7.69. The van der Waals surface area contributed by atoms with E-state index < -0.39 is 43.8 Å². The van der Waals surface area contributed by atoms with Crippen molar-refractivity contribution in [2.75, 3.05) is 31.3 Å². The number of likely N-dealkylation sites (tertiary alicyclic amines) is 1. The maximum atomic E-state index is 15.6. The fourth-order valence-corrected chi connectivity index (χ4v) is 10.1. The van der Waals surface area contributed by atoms with Crippen LogP contribution in [0.4, 0.5) is 13.6 Å². The summed E-state index contributed by atoms with van der Waals surface area (Å²) in [5, 5.41) is 0.364. The van der Waals surface area contributed by atoms with E-state index in [9.17, 15) is 17.6 Å². The highest BCUT2D eigenvalue weighted by Gasteiger charge is 2.61. The number of amides is 1. The first kappa shape index (κ1) is 32.3. The van der Waals surface area contributed by atoms with E-state index in [2.05, 4.69) is 0 Å². The van der Waals surface area contributed by atoms with Crippen LogP contribution in [0.3, 0.4) is 0 Å². The van der Waals surface area contributed by atoms with E-state index in [0.29, 0.717) is 29.5 Å². The first-order chi connectivity index (χ1) is 20.3. The zero-order valence-corrected chi connectivity index (χ0v) is 27.0. The molecule has 236 valence electrons. The van der Waals surface area contributed by atoms with E-state index in [-0.39, 0.29) is 48.0 Å². The van der Waals surface area contributed by atoms with Gasteiger partial charge in [0.15, 0.2) is 21.4 Å². The highest BCUT2D eigenvalue weighted by molar-refractivity contribution is 7.99. The molecule has 0 saturated carbocycles. The molecule has 2 saturated heterocycles. The van der Waals surface area contributed by atoms with E-state index in [4.69, 9.17) is 25.8 Å². The molecule has 4 unspecified atom stereocenters. The standard InChI is InChI=1S/C31H38ClF2NO6S2/c1-30(2,3)41-29(36)35-15-5-4-6-21(35)19-42-17-13-26-23-18-40-28-25(34)12-11-24(33)27(28)31(23,14-16-39-26)43(37,38)22-9-7-20(32)8-10-22/h7-12,21,23,26H,4-6,13-19H2,1-3H3. The molecule has 0 spiro atoms. The molecule has 5 rings (SSSR count). The molecule has 43 heavy (non-hydrogen) atoms. The molecular formula is C31H38ClF2NO6S2. The number of thioether (sulfide) groups is 1. The number of fused-ring (bicyclic) bond motifs is 3. The van der Waals surface area contributed by atoms with Crippen molar-refractivity contribution in [2.45, 2.75) is 80.3 Å². The van der Waals surface area contributed by atoms with Gasteiger partial charge in [-0.15, -0.1) is 0 Å². The highest BCUT2D eigenvalue weighted by Crippen LogP contribution is 2.56. The van der Waals surface area contributed by atoms with E-state index in [0.717, 1.165) is 31.4 Å².